The van der Waals surface area contributed by atoms with E-state index in [1.807, 2.05) is 0 Å². The first-order valence-corrected chi connectivity index (χ1v) is 13.5. The van der Waals surface area contributed by atoms with Crippen molar-refractivity contribution >= 4 is 27.7 Å². The van der Waals surface area contributed by atoms with Crippen LogP contribution in [0.15, 0.2) is 65.6 Å². The van der Waals surface area contributed by atoms with E-state index < -0.39 is 46.3 Å². The average Bonchev–Trinajstić information content (AvgIpc) is 2.89. The number of aliphatic carboxylic acids is 1. The zero-order valence-electron chi connectivity index (χ0n) is 21.2. The van der Waals surface area contributed by atoms with Gasteiger partial charge in [-0.15, -0.1) is 0 Å². The Hall–Kier alpha value is -4.19. The van der Waals surface area contributed by atoms with Crippen LogP contribution in [0.5, 0.6) is 5.75 Å². The number of sulfonamides is 1. The van der Waals surface area contributed by atoms with E-state index in [1.54, 1.807) is 19.1 Å². The van der Waals surface area contributed by atoms with Crippen LogP contribution in [0.1, 0.15) is 12.0 Å². The molecule has 0 spiro atoms. The Labute approximate surface area is 224 Å². The van der Waals surface area contributed by atoms with E-state index in [2.05, 4.69) is 5.32 Å². The highest BCUT2D eigenvalue weighted by Crippen LogP contribution is 2.41. The minimum atomic E-state index is -4.09. The maximum Gasteiger partial charge on any atom is 0.323 e. The van der Waals surface area contributed by atoms with Crippen LogP contribution in [0.2, 0.25) is 0 Å². The molecule has 0 saturated heterocycles. The number of carboxylic acids is 1. The molecular weight excluding hydrogens is 532 g/mol. The van der Waals surface area contributed by atoms with Crippen molar-refractivity contribution in [2.24, 2.45) is 0 Å². The Morgan fingerprint density at radius 1 is 1.13 bits per heavy atom. The molecule has 1 heterocycles. The number of carbonyl (C=O) groups excluding carboxylic acids is 1. The Morgan fingerprint density at radius 3 is 2.62 bits per heavy atom. The number of rotatable bonds is 8. The van der Waals surface area contributed by atoms with Gasteiger partial charge >= 0.3 is 12.0 Å². The van der Waals surface area contributed by atoms with Gasteiger partial charge in [-0.1, -0.05) is 18.2 Å². The number of benzene rings is 3. The Bertz CT molecular complexity index is 1520. The van der Waals surface area contributed by atoms with E-state index in [1.165, 1.54) is 41.7 Å². The van der Waals surface area contributed by atoms with Gasteiger partial charge in [-0.25, -0.2) is 22.0 Å². The van der Waals surface area contributed by atoms with E-state index in [0.717, 1.165) is 28.7 Å². The summed E-state index contributed by atoms with van der Waals surface area (Å²) in [5.74, 6) is -2.24. The summed E-state index contributed by atoms with van der Waals surface area (Å²) in [5.41, 5.74) is 1.15. The second kappa shape index (κ2) is 11.3. The summed E-state index contributed by atoms with van der Waals surface area (Å²) in [5, 5.41) is 11.4. The summed E-state index contributed by atoms with van der Waals surface area (Å²) < 4.78 is 63.2. The van der Waals surface area contributed by atoms with Crippen LogP contribution >= 0.6 is 0 Å². The smallest absolute Gasteiger partial charge is 0.323 e. The Morgan fingerprint density at radius 2 is 1.90 bits per heavy atom. The van der Waals surface area contributed by atoms with Crippen molar-refractivity contribution in [1.29, 1.82) is 0 Å². The first-order valence-electron chi connectivity index (χ1n) is 12.0. The summed E-state index contributed by atoms with van der Waals surface area (Å²) in [6.07, 6.45) is -0.453. The van der Waals surface area contributed by atoms with Crippen LogP contribution in [0.25, 0.3) is 11.1 Å². The maximum atomic E-state index is 14.5. The van der Waals surface area contributed by atoms with Crippen molar-refractivity contribution < 1.29 is 36.6 Å². The van der Waals surface area contributed by atoms with E-state index in [-0.39, 0.29) is 47.0 Å². The molecule has 2 amide bonds. The minimum Gasteiger partial charge on any atom is -0.486 e. The number of ether oxygens (including phenoxy) is 1. The summed E-state index contributed by atoms with van der Waals surface area (Å²) in [7, 11) is -2.75. The lowest BCUT2D eigenvalue weighted by Crippen LogP contribution is -2.46. The van der Waals surface area contributed by atoms with Gasteiger partial charge in [0.15, 0.2) is 0 Å². The number of urea groups is 1. The summed E-state index contributed by atoms with van der Waals surface area (Å²) >= 11 is 0. The molecule has 0 radical (unpaired) electrons. The fraction of sp³-hybridized carbons (Fsp3) is 0.259. The van der Waals surface area contributed by atoms with Crippen molar-refractivity contribution in [3.63, 3.8) is 0 Å². The number of carbonyl (C=O) groups is 2. The Balaban J connectivity index is 1.65. The SMILES string of the molecule is Cc1cccc(S(=O)(=O)N2C[C@H](CCNC(=O)N(C)CC(=O)O)Oc3ccc(-c4cc(F)ccc4F)cc32)c1. The number of carboxylic acid groups (broad SMARTS) is 1. The number of aryl methyl sites for hydroxylation is 1. The highest BCUT2D eigenvalue weighted by atomic mass is 32.2. The van der Waals surface area contributed by atoms with Gasteiger partial charge in [-0.3, -0.25) is 9.10 Å². The molecule has 9 nitrogen and oxygen atoms in total. The van der Waals surface area contributed by atoms with Crippen LogP contribution in [-0.2, 0) is 14.8 Å². The normalized spacial score (nSPS) is 14.8. The van der Waals surface area contributed by atoms with Gasteiger partial charge in [0, 0.05) is 25.6 Å². The molecule has 1 aliphatic heterocycles. The quantitative estimate of drug-likeness (QED) is 0.431. The standard InChI is InChI=1S/C27H27F2N3O6S/c1-17-4-3-5-21(12-17)39(36,37)32-15-20(10-11-30-27(35)31(2)16-26(33)34)38-25-9-6-18(13-24(25)32)22-14-19(28)7-8-23(22)29/h3-9,12-14,20H,10-11,15-16H2,1-2H3,(H,30,35)(H,33,34)/t20-/m0/s1. The van der Waals surface area contributed by atoms with Crippen LogP contribution in [0.4, 0.5) is 19.3 Å². The number of nitrogens with one attached hydrogen (secondary N) is 1. The number of halogens is 2. The molecule has 1 aliphatic rings. The molecule has 3 aromatic carbocycles. The lowest BCUT2D eigenvalue weighted by atomic mass is 10.0. The number of hydrogen-bond acceptors (Lipinski definition) is 5. The van der Waals surface area contributed by atoms with Crippen LogP contribution < -0.4 is 14.4 Å². The zero-order valence-corrected chi connectivity index (χ0v) is 22.0. The molecule has 0 fully saturated rings. The molecule has 0 saturated carbocycles. The molecule has 2 N–H and O–H groups in total. The molecule has 0 aliphatic carbocycles. The minimum absolute atomic E-state index is 0.0268. The molecule has 0 unspecified atom stereocenters. The third-order valence-electron chi connectivity index (χ3n) is 6.17. The molecule has 206 valence electrons. The fourth-order valence-electron chi connectivity index (χ4n) is 4.23. The largest absolute Gasteiger partial charge is 0.486 e. The topological polar surface area (TPSA) is 116 Å². The molecule has 3 aromatic rings. The number of amides is 2. The molecule has 0 aromatic heterocycles. The molecule has 4 rings (SSSR count). The second-order valence-electron chi connectivity index (χ2n) is 9.17. The third-order valence-corrected chi connectivity index (χ3v) is 7.95. The number of likely N-dealkylation sites (N-methyl/N-ethyl adjacent to an activating group) is 1. The molecule has 12 heteroatoms. The van der Waals surface area contributed by atoms with Crippen LogP contribution in [0, 0.1) is 18.6 Å². The van der Waals surface area contributed by atoms with Gasteiger partial charge in [-0.2, -0.15) is 0 Å². The van der Waals surface area contributed by atoms with Crippen molar-refractivity contribution in [2.75, 3.05) is 31.0 Å². The summed E-state index contributed by atoms with van der Waals surface area (Å²) in [6, 6.07) is 13.3. The lowest BCUT2D eigenvalue weighted by Gasteiger charge is -2.36. The van der Waals surface area contributed by atoms with Gasteiger partial charge in [0.2, 0.25) is 0 Å². The first-order chi connectivity index (χ1) is 18.5. The van der Waals surface area contributed by atoms with Crippen molar-refractivity contribution in [3.05, 3.63) is 77.9 Å². The molecular formula is C27H27F2N3O6S. The molecule has 0 bridgehead atoms. The number of anilines is 1. The maximum absolute atomic E-state index is 14.5. The number of fused-ring (bicyclic) bond motifs is 1. The highest BCUT2D eigenvalue weighted by Gasteiger charge is 2.35. The second-order valence-corrected chi connectivity index (χ2v) is 11.0. The van der Waals surface area contributed by atoms with Crippen molar-refractivity contribution in [2.45, 2.75) is 24.3 Å². The van der Waals surface area contributed by atoms with E-state index in [9.17, 15) is 26.8 Å². The van der Waals surface area contributed by atoms with E-state index in [0.29, 0.717) is 0 Å². The first kappa shape index (κ1) is 27.8. The summed E-state index contributed by atoms with van der Waals surface area (Å²) in [6.45, 7) is 1.27. The van der Waals surface area contributed by atoms with Gasteiger partial charge in [-0.05, 0) is 60.5 Å². The third kappa shape index (κ3) is 6.28. The van der Waals surface area contributed by atoms with E-state index in [4.69, 9.17) is 9.84 Å². The average molecular weight is 560 g/mol. The van der Waals surface area contributed by atoms with Gasteiger partial charge in [0.05, 0.1) is 17.1 Å². The monoisotopic (exact) mass is 559 g/mol. The van der Waals surface area contributed by atoms with Gasteiger partial charge < -0.3 is 20.1 Å². The fourth-order valence-corrected chi connectivity index (χ4v) is 5.83. The molecule has 1 atom stereocenters. The number of nitrogens with zero attached hydrogens (tertiary/aromatic N) is 2. The van der Waals surface area contributed by atoms with Gasteiger partial charge in [0.25, 0.3) is 10.0 Å². The van der Waals surface area contributed by atoms with Crippen molar-refractivity contribution in [3.8, 4) is 16.9 Å². The highest BCUT2D eigenvalue weighted by molar-refractivity contribution is 7.92. The number of hydrogen-bond donors (Lipinski definition) is 2. The predicted molar refractivity (Wildman–Crippen MR) is 140 cm³/mol. The summed E-state index contributed by atoms with van der Waals surface area (Å²) in [4.78, 5) is 24.0. The van der Waals surface area contributed by atoms with Crippen molar-refractivity contribution in [1.82, 2.24) is 10.2 Å². The van der Waals surface area contributed by atoms with E-state index >= 15 is 0 Å². The molecule has 39 heavy (non-hydrogen) atoms. The lowest BCUT2D eigenvalue weighted by molar-refractivity contribution is -0.137. The van der Waals surface area contributed by atoms with Gasteiger partial charge in [0.1, 0.15) is 30.0 Å². The predicted octanol–water partition coefficient (Wildman–Crippen LogP) is 4.01. The zero-order chi connectivity index (χ0) is 28.3. The van der Waals surface area contributed by atoms with Crippen LogP contribution in [-0.4, -0.2) is 63.2 Å². The Kier molecular flexibility index (Phi) is 8.05. The van der Waals surface area contributed by atoms with Crippen LogP contribution in [0.3, 0.4) is 0 Å².